The Hall–Kier alpha value is -4.64. The van der Waals surface area contributed by atoms with E-state index in [9.17, 15) is 14.9 Å². The summed E-state index contributed by atoms with van der Waals surface area (Å²) in [7, 11) is 0. The second-order valence-corrected chi connectivity index (χ2v) is 7.97. The van der Waals surface area contributed by atoms with E-state index in [0.717, 1.165) is 0 Å². The number of imidazole rings is 1. The Morgan fingerprint density at radius 1 is 1.12 bits per heavy atom. The molecular formula is C26H21N5O3. The number of fused-ring (bicyclic) bond motifs is 1. The van der Waals surface area contributed by atoms with E-state index in [1.165, 1.54) is 16.8 Å². The van der Waals surface area contributed by atoms with E-state index in [4.69, 9.17) is 4.74 Å². The zero-order valence-corrected chi connectivity index (χ0v) is 18.3. The first-order valence-electron chi connectivity index (χ1n) is 10.9. The lowest BCUT2D eigenvalue weighted by molar-refractivity contribution is -0.125. The van der Waals surface area contributed by atoms with Crippen molar-refractivity contribution >= 4 is 16.9 Å². The van der Waals surface area contributed by atoms with Crippen molar-refractivity contribution in [2.75, 3.05) is 13.1 Å². The van der Waals surface area contributed by atoms with Crippen LogP contribution in [0, 0.1) is 11.3 Å². The molecule has 1 unspecified atom stereocenters. The first-order valence-corrected chi connectivity index (χ1v) is 10.9. The van der Waals surface area contributed by atoms with Crippen LogP contribution in [0.5, 0.6) is 11.5 Å². The van der Waals surface area contributed by atoms with Gasteiger partial charge >= 0.3 is 5.69 Å². The minimum atomic E-state index is -0.283. The zero-order chi connectivity index (χ0) is 23.7. The molecule has 1 saturated heterocycles. The van der Waals surface area contributed by atoms with Gasteiger partial charge in [-0.2, -0.15) is 5.26 Å². The molecule has 0 spiro atoms. The van der Waals surface area contributed by atoms with Gasteiger partial charge < -0.3 is 9.64 Å². The predicted octanol–water partition coefficient (Wildman–Crippen LogP) is 3.81. The molecule has 1 amide bonds. The predicted molar refractivity (Wildman–Crippen MR) is 127 cm³/mol. The number of para-hydroxylation sites is 1. The van der Waals surface area contributed by atoms with Crippen LogP contribution in [0.4, 0.5) is 0 Å². The summed E-state index contributed by atoms with van der Waals surface area (Å²) < 4.78 is 9.03. The zero-order valence-electron chi connectivity index (χ0n) is 18.3. The maximum Gasteiger partial charge on any atom is 0.334 e. The highest BCUT2D eigenvalue weighted by Gasteiger charge is 2.30. The summed E-state index contributed by atoms with van der Waals surface area (Å²) in [5.74, 6) is 1.17. The van der Waals surface area contributed by atoms with E-state index in [2.05, 4.69) is 17.6 Å². The summed E-state index contributed by atoms with van der Waals surface area (Å²) in [6, 6.07) is 20.2. The number of ether oxygens (including phenoxy) is 1. The smallest absolute Gasteiger partial charge is 0.334 e. The summed E-state index contributed by atoms with van der Waals surface area (Å²) in [6.45, 7) is 4.49. The third-order valence-electron chi connectivity index (χ3n) is 5.98. The standard InChI is InChI=1S/C26H21N5O3/c1-2-24(32)29-15-13-19(17-29)30-23-12-14-28-22(16-27)25(23)31(26(30)33)18-8-10-21(11-9-18)34-20-6-4-3-5-7-20/h2-12,14,19H,1,13,15,17H2. The highest BCUT2D eigenvalue weighted by Crippen LogP contribution is 2.29. The summed E-state index contributed by atoms with van der Waals surface area (Å²) in [6.07, 6.45) is 3.44. The number of aromatic nitrogens is 3. The third-order valence-corrected chi connectivity index (χ3v) is 5.98. The number of nitrogens with zero attached hydrogens (tertiary/aromatic N) is 5. The van der Waals surface area contributed by atoms with E-state index in [1.54, 1.807) is 39.8 Å². The molecule has 168 valence electrons. The van der Waals surface area contributed by atoms with Gasteiger partial charge in [-0.05, 0) is 55.0 Å². The molecule has 4 aromatic rings. The normalized spacial score (nSPS) is 15.3. The molecule has 8 nitrogen and oxygen atoms in total. The van der Waals surface area contributed by atoms with Crippen molar-refractivity contribution in [3.63, 3.8) is 0 Å². The summed E-state index contributed by atoms with van der Waals surface area (Å²) in [5.41, 5.74) is 1.53. The monoisotopic (exact) mass is 451 g/mol. The molecule has 1 fully saturated rings. The SMILES string of the molecule is C=CC(=O)N1CCC(n2c(=O)n(-c3ccc(Oc4ccccc4)cc3)c3c(C#N)nccc32)C1. The van der Waals surface area contributed by atoms with Crippen molar-refractivity contribution in [3.05, 3.63) is 95.7 Å². The maximum atomic E-state index is 13.7. The van der Waals surface area contributed by atoms with Crippen molar-refractivity contribution in [2.24, 2.45) is 0 Å². The van der Waals surface area contributed by atoms with Crippen molar-refractivity contribution in [2.45, 2.75) is 12.5 Å². The molecule has 34 heavy (non-hydrogen) atoms. The molecule has 0 saturated carbocycles. The molecule has 1 aliphatic heterocycles. The van der Waals surface area contributed by atoms with E-state index in [0.29, 0.717) is 47.7 Å². The van der Waals surface area contributed by atoms with Crippen LogP contribution < -0.4 is 10.4 Å². The average molecular weight is 451 g/mol. The summed E-state index contributed by atoms with van der Waals surface area (Å²) >= 11 is 0. The average Bonchev–Trinajstić information content (AvgIpc) is 3.46. The Morgan fingerprint density at radius 3 is 2.56 bits per heavy atom. The van der Waals surface area contributed by atoms with Crippen molar-refractivity contribution in [1.29, 1.82) is 5.26 Å². The number of carbonyl (C=O) groups is 1. The van der Waals surface area contributed by atoms with Crippen LogP contribution in [0.15, 0.2) is 84.3 Å². The number of benzene rings is 2. The molecule has 3 heterocycles. The van der Waals surface area contributed by atoms with Crippen molar-refractivity contribution in [3.8, 4) is 23.3 Å². The molecule has 0 radical (unpaired) electrons. The van der Waals surface area contributed by atoms with Gasteiger partial charge in [-0.3, -0.25) is 13.9 Å². The summed E-state index contributed by atoms with van der Waals surface area (Å²) in [5, 5.41) is 9.71. The Labute approximate surface area is 195 Å². The fourth-order valence-electron chi connectivity index (χ4n) is 4.41. The number of nitriles is 1. The van der Waals surface area contributed by atoms with Gasteiger partial charge in [-0.1, -0.05) is 24.8 Å². The number of hydrogen-bond donors (Lipinski definition) is 0. The first kappa shape index (κ1) is 21.2. The van der Waals surface area contributed by atoms with Gasteiger partial charge in [-0.25, -0.2) is 9.78 Å². The number of likely N-dealkylation sites (tertiary alicyclic amines) is 1. The lowest BCUT2D eigenvalue weighted by Gasteiger charge is -2.15. The fraction of sp³-hybridized carbons (Fsp3) is 0.154. The lowest BCUT2D eigenvalue weighted by Crippen LogP contribution is -2.31. The Bertz CT molecular complexity index is 1480. The van der Waals surface area contributed by atoms with E-state index < -0.39 is 0 Å². The van der Waals surface area contributed by atoms with Gasteiger partial charge in [0.25, 0.3) is 0 Å². The van der Waals surface area contributed by atoms with E-state index in [-0.39, 0.29) is 23.3 Å². The highest BCUT2D eigenvalue weighted by atomic mass is 16.5. The van der Waals surface area contributed by atoms with E-state index >= 15 is 0 Å². The van der Waals surface area contributed by atoms with Gasteiger partial charge in [0.05, 0.1) is 17.2 Å². The molecule has 5 rings (SSSR count). The van der Waals surface area contributed by atoms with E-state index in [1.807, 2.05) is 30.3 Å². The third kappa shape index (κ3) is 3.63. The second-order valence-electron chi connectivity index (χ2n) is 7.97. The van der Waals surface area contributed by atoms with Crippen LogP contribution in [-0.4, -0.2) is 38.0 Å². The molecule has 1 atom stereocenters. The Kier molecular flexibility index (Phi) is 5.44. The van der Waals surface area contributed by atoms with Gasteiger partial charge in [0.15, 0.2) is 5.69 Å². The molecule has 0 bridgehead atoms. The number of carbonyl (C=O) groups excluding carboxylic acids is 1. The number of amides is 1. The van der Waals surface area contributed by atoms with Gasteiger partial charge in [0.1, 0.15) is 23.1 Å². The van der Waals surface area contributed by atoms with Gasteiger partial charge in [0.2, 0.25) is 5.91 Å². The minimum Gasteiger partial charge on any atom is -0.457 e. The fourth-order valence-corrected chi connectivity index (χ4v) is 4.41. The van der Waals surface area contributed by atoms with Crippen LogP contribution >= 0.6 is 0 Å². The minimum absolute atomic E-state index is 0.160. The van der Waals surface area contributed by atoms with Gasteiger partial charge in [-0.15, -0.1) is 0 Å². The Morgan fingerprint density at radius 2 is 1.85 bits per heavy atom. The molecule has 2 aromatic heterocycles. The number of pyridine rings is 1. The Balaban J connectivity index is 1.58. The molecule has 8 heteroatoms. The van der Waals surface area contributed by atoms with Crippen LogP contribution in [-0.2, 0) is 4.79 Å². The van der Waals surface area contributed by atoms with Crippen molar-refractivity contribution < 1.29 is 9.53 Å². The topological polar surface area (TPSA) is 93.1 Å². The van der Waals surface area contributed by atoms with Gasteiger partial charge in [0, 0.05) is 19.3 Å². The maximum absolute atomic E-state index is 13.7. The molecule has 0 aliphatic carbocycles. The van der Waals surface area contributed by atoms with Crippen molar-refractivity contribution in [1.82, 2.24) is 19.0 Å². The van der Waals surface area contributed by atoms with Crippen LogP contribution in [0.25, 0.3) is 16.7 Å². The molecule has 0 N–H and O–H groups in total. The number of rotatable bonds is 5. The van der Waals surface area contributed by atoms with Crippen LogP contribution in [0.3, 0.4) is 0 Å². The van der Waals surface area contributed by atoms with Crippen LogP contribution in [0.2, 0.25) is 0 Å². The molecule has 2 aromatic carbocycles. The molecular weight excluding hydrogens is 430 g/mol. The largest absolute Gasteiger partial charge is 0.457 e. The first-order chi connectivity index (χ1) is 16.6. The van der Waals surface area contributed by atoms with Crippen LogP contribution in [0.1, 0.15) is 18.2 Å². The highest BCUT2D eigenvalue weighted by molar-refractivity contribution is 5.87. The molecule has 1 aliphatic rings. The lowest BCUT2D eigenvalue weighted by atomic mass is 10.2. The second kappa shape index (κ2) is 8.71. The quantitative estimate of drug-likeness (QED) is 0.430. The number of hydrogen-bond acceptors (Lipinski definition) is 5. The summed E-state index contributed by atoms with van der Waals surface area (Å²) in [4.78, 5) is 31.6.